The second kappa shape index (κ2) is 3.94. The molecular formula is C12H20N2O2. The highest BCUT2D eigenvalue weighted by Gasteiger charge is 2.30. The molecule has 0 aliphatic carbocycles. The van der Waals surface area contributed by atoms with Gasteiger partial charge in [-0.3, -0.25) is 0 Å². The smallest absolute Gasteiger partial charge is 0.340 e. The monoisotopic (exact) mass is 224 g/mol. The van der Waals surface area contributed by atoms with Crippen molar-refractivity contribution in [2.24, 2.45) is 12.8 Å². The van der Waals surface area contributed by atoms with Crippen LogP contribution in [0.5, 0.6) is 0 Å². The molecule has 0 amide bonds. The molecule has 4 heteroatoms. The number of esters is 1. The lowest BCUT2D eigenvalue weighted by Crippen LogP contribution is -2.31. The number of carbonyl (C=O) groups excluding carboxylic acids is 1. The molecule has 1 heterocycles. The summed E-state index contributed by atoms with van der Waals surface area (Å²) in [4.78, 5) is 11.8. The molecule has 0 bridgehead atoms. The van der Waals surface area contributed by atoms with Crippen LogP contribution in [0.4, 0.5) is 0 Å². The topological polar surface area (TPSA) is 57.2 Å². The zero-order valence-electron chi connectivity index (χ0n) is 10.8. The Labute approximate surface area is 96.4 Å². The lowest BCUT2D eigenvalue weighted by Gasteiger charge is -2.20. The average molecular weight is 224 g/mol. The molecule has 1 aromatic rings. The summed E-state index contributed by atoms with van der Waals surface area (Å²) in [6, 6.07) is 0. The maximum absolute atomic E-state index is 11.8. The minimum absolute atomic E-state index is 0.324. The molecule has 90 valence electrons. The first-order valence-electron chi connectivity index (χ1n) is 5.25. The summed E-state index contributed by atoms with van der Waals surface area (Å²) < 4.78 is 6.78. The molecule has 0 aliphatic rings. The van der Waals surface area contributed by atoms with Crippen molar-refractivity contribution in [1.29, 1.82) is 0 Å². The maximum Gasteiger partial charge on any atom is 0.340 e. The zero-order valence-corrected chi connectivity index (χ0v) is 10.8. The third-order valence-electron chi connectivity index (χ3n) is 3.01. The number of ether oxygens (including phenoxy) is 1. The average Bonchev–Trinajstić information content (AvgIpc) is 2.40. The van der Waals surface area contributed by atoms with Gasteiger partial charge in [-0.15, -0.1) is 0 Å². The largest absolute Gasteiger partial charge is 0.465 e. The van der Waals surface area contributed by atoms with Crippen LogP contribution in [0.1, 0.15) is 41.2 Å². The fourth-order valence-electron chi connectivity index (χ4n) is 2.09. The van der Waals surface area contributed by atoms with Crippen molar-refractivity contribution in [3.8, 4) is 0 Å². The van der Waals surface area contributed by atoms with Crippen LogP contribution < -0.4 is 5.73 Å². The molecule has 4 nitrogen and oxygen atoms in total. The van der Waals surface area contributed by atoms with Gasteiger partial charge in [-0.25, -0.2) is 4.79 Å². The van der Waals surface area contributed by atoms with E-state index in [0.717, 1.165) is 17.0 Å². The number of methoxy groups -OCH3 is 1. The number of hydrogen-bond acceptors (Lipinski definition) is 3. The molecule has 0 saturated carbocycles. The molecule has 0 atom stereocenters. The summed E-state index contributed by atoms with van der Waals surface area (Å²) in [5, 5.41) is 0. The lowest BCUT2D eigenvalue weighted by molar-refractivity contribution is 0.0597. The molecule has 0 radical (unpaired) electrons. The van der Waals surface area contributed by atoms with E-state index in [4.69, 9.17) is 10.5 Å². The summed E-state index contributed by atoms with van der Waals surface area (Å²) >= 11 is 0. The fraction of sp³-hybridized carbons (Fsp3) is 0.583. The van der Waals surface area contributed by atoms with Gasteiger partial charge in [-0.1, -0.05) is 0 Å². The Kier molecular flexibility index (Phi) is 3.15. The van der Waals surface area contributed by atoms with Gasteiger partial charge in [0, 0.05) is 29.5 Å². The van der Waals surface area contributed by atoms with Crippen LogP contribution in [0, 0.1) is 13.8 Å². The van der Waals surface area contributed by atoms with Crippen LogP contribution in [0.25, 0.3) is 0 Å². The number of carbonyl (C=O) groups is 1. The van der Waals surface area contributed by atoms with Gasteiger partial charge >= 0.3 is 5.97 Å². The zero-order chi connectivity index (χ0) is 12.7. The fourth-order valence-corrected chi connectivity index (χ4v) is 2.09. The summed E-state index contributed by atoms with van der Waals surface area (Å²) in [6.07, 6.45) is 0. The Morgan fingerprint density at radius 2 is 1.81 bits per heavy atom. The Bertz CT molecular complexity index is 425. The highest BCUT2D eigenvalue weighted by Crippen LogP contribution is 2.30. The predicted molar refractivity (Wildman–Crippen MR) is 63.4 cm³/mol. The summed E-state index contributed by atoms with van der Waals surface area (Å²) in [6.45, 7) is 7.64. The number of hydrogen-bond donors (Lipinski definition) is 1. The van der Waals surface area contributed by atoms with Gasteiger partial charge in [0.1, 0.15) is 0 Å². The molecule has 16 heavy (non-hydrogen) atoms. The normalized spacial score (nSPS) is 11.7. The van der Waals surface area contributed by atoms with E-state index in [9.17, 15) is 4.79 Å². The Morgan fingerprint density at radius 1 is 1.31 bits per heavy atom. The number of nitrogens with two attached hydrogens (primary N) is 1. The number of nitrogens with zero attached hydrogens (tertiary/aromatic N) is 1. The summed E-state index contributed by atoms with van der Waals surface area (Å²) in [7, 11) is 3.31. The summed E-state index contributed by atoms with van der Waals surface area (Å²) in [5.41, 5.74) is 8.90. The molecular weight excluding hydrogens is 204 g/mol. The van der Waals surface area contributed by atoms with Gasteiger partial charge in [0.2, 0.25) is 0 Å². The van der Waals surface area contributed by atoms with Gasteiger partial charge in [-0.2, -0.15) is 0 Å². The standard InChI is InChI=1S/C12H20N2O2/c1-7-9(11(15)16-6)10(12(3,4)13)8(2)14(7)5/h13H2,1-6H3. The highest BCUT2D eigenvalue weighted by molar-refractivity contribution is 5.93. The van der Waals surface area contributed by atoms with Gasteiger partial charge in [-0.05, 0) is 27.7 Å². The Balaban J connectivity index is 3.58. The summed E-state index contributed by atoms with van der Waals surface area (Å²) in [5.74, 6) is -0.324. The maximum atomic E-state index is 11.8. The van der Waals surface area contributed by atoms with E-state index >= 15 is 0 Å². The van der Waals surface area contributed by atoms with Crippen LogP contribution in [-0.2, 0) is 17.3 Å². The number of rotatable bonds is 2. The van der Waals surface area contributed by atoms with Crippen LogP contribution >= 0.6 is 0 Å². The minimum Gasteiger partial charge on any atom is -0.465 e. The van der Waals surface area contributed by atoms with Gasteiger partial charge in [0.25, 0.3) is 0 Å². The van der Waals surface area contributed by atoms with Crippen molar-refractivity contribution in [1.82, 2.24) is 4.57 Å². The highest BCUT2D eigenvalue weighted by atomic mass is 16.5. The molecule has 2 N–H and O–H groups in total. The molecule has 0 spiro atoms. The van der Waals surface area contributed by atoms with E-state index < -0.39 is 5.54 Å². The Morgan fingerprint density at radius 3 is 2.19 bits per heavy atom. The van der Waals surface area contributed by atoms with Crippen LogP contribution in [-0.4, -0.2) is 17.6 Å². The van der Waals surface area contributed by atoms with Crippen molar-refractivity contribution in [3.05, 3.63) is 22.5 Å². The molecule has 0 aromatic carbocycles. The van der Waals surface area contributed by atoms with Crippen molar-refractivity contribution in [2.75, 3.05) is 7.11 Å². The molecule has 0 unspecified atom stereocenters. The first-order chi connectivity index (χ1) is 7.21. The van der Waals surface area contributed by atoms with E-state index in [1.54, 1.807) is 0 Å². The Hall–Kier alpha value is -1.29. The first kappa shape index (κ1) is 12.8. The van der Waals surface area contributed by atoms with E-state index in [0.29, 0.717) is 5.56 Å². The van der Waals surface area contributed by atoms with Gasteiger partial charge in [0.05, 0.1) is 12.7 Å². The molecule has 0 fully saturated rings. The quantitative estimate of drug-likeness (QED) is 0.777. The van der Waals surface area contributed by atoms with Crippen molar-refractivity contribution < 1.29 is 9.53 Å². The van der Waals surface area contributed by atoms with Crippen LogP contribution in [0.2, 0.25) is 0 Å². The van der Waals surface area contributed by atoms with Gasteiger partial charge in [0.15, 0.2) is 0 Å². The SMILES string of the molecule is COC(=O)c1c(C(C)(C)N)c(C)n(C)c1C. The second-order valence-corrected chi connectivity index (χ2v) is 4.69. The van der Waals surface area contributed by atoms with Crippen molar-refractivity contribution in [2.45, 2.75) is 33.2 Å². The van der Waals surface area contributed by atoms with E-state index in [2.05, 4.69) is 0 Å². The van der Waals surface area contributed by atoms with Gasteiger partial charge < -0.3 is 15.0 Å². The van der Waals surface area contributed by atoms with Crippen LogP contribution in [0.15, 0.2) is 0 Å². The minimum atomic E-state index is -0.556. The van der Waals surface area contributed by atoms with E-state index in [1.165, 1.54) is 7.11 Å². The first-order valence-corrected chi connectivity index (χ1v) is 5.25. The molecule has 0 saturated heterocycles. The number of aromatic nitrogens is 1. The van der Waals surface area contributed by atoms with E-state index in [-0.39, 0.29) is 5.97 Å². The van der Waals surface area contributed by atoms with Crippen molar-refractivity contribution >= 4 is 5.97 Å². The third-order valence-corrected chi connectivity index (χ3v) is 3.01. The second-order valence-electron chi connectivity index (χ2n) is 4.69. The third kappa shape index (κ3) is 1.85. The van der Waals surface area contributed by atoms with E-state index in [1.807, 2.05) is 39.3 Å². The molecule has 1 aromatic heterocycles. The predicted octanol–water partition coefficient (Wildman–Crippen LogP) is 1.62. The van der Waals surface area contributed by atoms with Crippen LogP contribution in [0.3, 0.4) is 0 Å². The lowest BCUT2D eigenvalue weighted by atomic mass is 9.91. The molecule has 1 rings (SSSR count). The van der Waals surface area contributed by atoms with Crippen molar-refractivity contribution in [3.63, 3.8) is 0 Å². The molecule has 0 aliphatic heterocycles.